The van der Waals surface area contributed by atoms with Gasteiger partial charge >= 0.3 is 0 Å². The molecule has 1 saturated carbocycles. The molecular weight excluding hydrogens is 436 g/mol. The quantitative estimate of drug-likeness (QED) is 0.663. The molecule has 8 heteroatoms. The fourth-order valence-corrected chi connectivity index (χ4v) is 5.31. The van der Waals surface area contributed by atoms with E-state index in [0.717, 1.165) is 31.2 Å². The van der Waals surface area contributed by atoms with Crippen molar-refractivity contribution in [2.24, 2.45) is 5.92 Å². The van der Waals surface area contributed by atoms with Gasteiger partial charge in [-0.3, -0.25) is 14.5 Å². The number of ketones is 1. The molecular formula is C26H28N2O6. The summed E-state index contributed by atoms with van der Waals surface area (Å²) < 4.78 is 22.8. The summed E-state index contributed by atoms with van der Waals surface area (Å²) in [6.45, 7) is 1.93. The highest BCUT2D eigenvalue weighted by atomic mass is 16.5. The molecule has 2 aromatic rings. The number of ether oxygens (including phenoxy) is 4. The van der Waals surface area contributed by atoms with Crippen LogP contribution in [0.2, 0.25) is 0 Å². The maximum Gasteiger partial charge on any atom is 0.295 e. The van der Waals surface area contributed by atoms with Crippen LogP contribution in [0.1, 0.15) is 42.9 Å². The number of carbonyl (C=O) groups excluding carboxylic acids is 2. The maximum absolute atomic E-state index is 13.8. The minimum atomic E-state index is -0.721. The molecule has 5 rings (SSSR count). The van der Waals surface area contributed by atoms with Gasteiger partial charge < -0.3 is 18.9 Å². The van der Waals surface area contributed by atoms with Gasteiger partial charge in [0.2, 0.25) is 5.75 Å². The van der Waals surface area contributed by atoms with E-state index < -0.39 is 6.04 Å². The summed E-state index contributed by atoms with van der Waals surface area (Å²) in [4.78, 5) is 33.6. The second-order valence-electron chi connectivity index (χ2n) is 8.88. The number of benzene rings is 1. The number of aromatic nitrogens is 1. The van der Waals surface area contributed by atoms with Crippen molar-refractivity contribution in [2.75, 3.05) is 26.2 Å². The molecule has 0 spiro atoms. The predicted octanol–water partition coefficient (Wildman–Crippen LogP) is 3.92. The molecule has 8 nitrogen and oxygen atoms in total. The Bertz CT molecular complexity index is 1160. The molecule has 2 aliphatic heterocycles. The first-order valence-electron chi connectivity index (χ1n) is 11.5. The molecule has 3 heterocycles. The van der Waals surface area contributed by atoms with Gasteiger partial charge in [-0.1, -0.05) is 6.42 Å². The van der Waals surface area contributed by atoms with Gasteiger partial charge in [-0.15, -0.1) is 0 Å². The summed E-state index contributed by atoms with van der Waals surface area (Å²) in [5.41, 5.74) is 1.99. The standard InChI is InChI=1S/C26H28N2O6/c1-14-9-10-27-20(11-14)28-22(15-12-18(31-2)24(33-4)19(13-15)32-3)21-23(29)16-7-5-6-8-17(16)34-25(21)26(28)30/h9-13,16-17,22H,5-8H2,1-4H3. The Kier molecular flexibility index (Phi) is 5.67. The van der Waals surface area contributed by atoms with Crippen LogP contribution in [0.3, 0.4) is 0 Å². The van der Waals surface area contributed by atoms with Crippen molar-refractivity contribution in [1.29, 1.82) is 0 Å². The lowest BCUT2D eigenvalue weighted by molar-refractivity contribution is -0.131. The molecule has 178 valence electrons. The molecule has 34 heavy (non-hydrogen) atoms. The fraction of sp³-hybridized carbons (Fsp3) is 0.423. The number of Topliss-reactive ketones (excluding diaryl/α,β-unsaturated/α-hetero) is 1. The van der Waals surface area contributed by atoms with Gasteiger partial charge in [0.1, 0.15) is 11.9 Å². The third-order valence-corrected chi connectivity index (χ3v) is 6.91. The molecule has 3 atom stereocenters. The highest BCUT2D eigenvalue weighted by Gasteiger charge is 2.53. The molecule has 1 aliphatic carbocycles. The topological polar surface area (TPSA) is 87.2 Å². The van der Waals surface area contributed by atoms with Crippen LogP contribution in [-0.4, -0.2) is 44.1 Å². The number of fused-ring (bicyclic) bond motifs is 1. The first kappa shape index (κ1) is 22.3. The van der Waals surface area contributed by atoms with E-state index in [4.69, 9.17) is 18.9 Å². The molecule has 3 aliphatic rings. The van der Waals surface area contributed by atoms with Crippen molar-refractivity contribution >= 4 is 17.5 Å². The summed E-state index contributed by atoms with van der Waals surface area (Å²) in [5, 5.41) is 0. The number of rotatable bonds is 5. The Labute approximate surface area is 198 Å². The SMILES string of the molecule is COc1cc(C2C3=C(OC4CCCCC4C3=O)C(=O)N2c2cc(C)ccn2)cc(OC)c1OC. The summed E-state index contributed by atoms with van der Waals surface area (Å²) in [6.07, 6.45) is 4.91. The van der Waals surface area contributed by atoms with Crippen LogP contribution in [0.15, 0.2) is 41.8 Å². The number of carbonyl (C=O) groups is 2. The Morgan fingerprint density at radius 3 is 2.35 bits per heavy atom. The molecule has 3 unspecified atom stereocenters. The molecule has 1 aromatic heterocycles. The summed E-state index contributed by atoms with van der Waals surface area (Å²) in [7, 11) is 4.60. The second kappa shape index (κ2) is 8.66. The zero-order valence-electron chi connectivity index (χ0n) is 19.8. The highest BCUT2D eigenvalue weighted by molar-refractivity contribution is 6.17. The van der Waals surface area contributed by atoms with Crippen LogP contribution in [0, 0.1) is 12.8 Å². The minimum absolute atomic E-state index is 0.0202. The van der Waals surface area contributed by atoms with Crippen molar-refractivity contribution in [3.63, 3.8) is 0 Å². The molecule has 0 N–H and O–H groups in total. The third-order valence-electron chi connectivity index (χ3n) is 6.91. The Balaban J connectivity index is 1.71. The lowest BCUT2D eigenvalue weighted by atomic mass is 9.77. The van der Waals surface area contributed by atoms with Gasteiger partial charge in [-0.25, -0.2) is 4.98 Å². The number of hydrogen-bond acceptors (Lipinski definition) is 7. The van der Waals surface area contributed by atoms with Gasteiger partial charge in [0, 0.05) is 6.20 Å². The number of methoxy groups -OCH3 is 3. The Morgan fingerprint density at radius 2 is 1.71 bits per heavy atom. The van der Waals surface area contributed by atoms with Crippen LogP contribution in [0.5, 0.6) is 17.2 Å². The lowest BCUT2D eigenvalue weighted by Crippen LogP contribution is -2.39. The van der Waals surface area contributed by atoms with Crippen molar-refractivity contribution in [1.82, 2.24) is 4.98 Å². The fourth-order valence-electron chi connectivity index (χ4n) is 5.31. The van der Waals surface area contributed by atoms with E-state index in [1.54, 1.807) is 23.2 Å². The molecule has 0 radical (unpaired) electrons. The molecule has 0 saturated heterocycles. The van der Waals surface area contributed by atoms with E-state index in [-0.39, 0.29) is 29.5 Å². The zero-order chi connectivity index (χ0) is 24.0. The van der Waals surface area contributed by atoms with Crippen molar-refractivity contribution in [2.45, 2.75) is 44.8 Å². The first-order valence-corrected chi connectivity index (χ1v) is 11.5. The van der Waals surface area contributed by atoms with Gasteiger partial charge in [0.25, 0.3) is 5.91 Å². The van der Waals surface area contributed by atoms with E-state index >= 15 is 0 Å². The number of anilines is 1. The highest BCUT2D eigenvalue weighted by Crippen LogP contribution is 2.50. The summed E-state index contributed by atoms with van der Waals surface area (Å²) in [6, 6.07) is 6.53. The van der Waals surface area contributed by atoms with Gasteiger partial charge in [0.05, 0.1) is 38.9 Å². The van der Waals surface area contributed by atoms with E-state index in [1.165, 1.54) is 21.3 Å². The zero-order valence-corrected chi connectivity index (χ0v) is 19.8. The summed E-state index contributed by atoms with van der Waals surface area (Å²) >= 11 is 0. The number of amides is 1. The largest absolute Gasteiger partial charge is 0.493 e. The molecule has 1 amide bonds. The van der Waals surface area contributed by atoms with Crippen LogP contribution in [0.25, 0.3) is 0 Å². The van der Waals surface area contributed by atoms with E-state index in [9.17, 15) is 9.59 Å². The van der Waals surface area contributed by atoms with E-state index in [2.05, 4.69) is 4.98 Å². The van der Waals surface area contributed by atoms with Gasteiger partial charge in [-0.2, -0.15) is 0 Å². The number of aryl methyl sites for hydroxylation is 1. The molecule has 1 fully saturated rings. The first-order chi connectivity index (χ1) is 16.5. The minimum Gasteiger partial charge on any atom is -0.493 e. The maximum atomic E-state index is 13.8. The Hall–Kier alpha value is -3.55. The van der Waals surface area contributed by atoms with Gasteiger partial charge in [0.15, 0.2) is 23.0 Å². The van der Waals surface area contributed by atoms with Crippen molar-refractivity contribution in [3.05, 3.63) is 52.9 Å². The van der Waals surface area contributed by atoms with Crippen molar-refractivity contribution in [3.8, 4) is 17.2 Å². The Morgan fingerprint density at radius 1 is 1.00 bits per heavy atom. The third kappa shape index (κ3) is 3.40. The number of hydrogen-bond donors (Lipinski definition) is 0. The number of nitrogens with zero attached hydrogens (tertiary/aromatic N) is 2. The lowest BCUT2D eigenvalue weighted by Gasteiger charge is -2.35. The van der Waals surface area contributed by atoms with Crippen LogP contribution in [-0.2, 0) is 14.3 Å². The predicted molar refractivity (Wildman–Crippen MR) is 124 cm³/mol. The summed E-state index contributed by atoms with van der Waals surface area (Å²) in [5.74, 6) is 1.29. The van der Waals surface area contributed by atoms with Crippen LogP contribution in [0.4, 0.5) is 5.82 Å². The molecule has 0 bridgehead atoms. The van der Waals surface area contributed by atoms with Gasteiger partial charge in [-0.05, 0) is 61.6 Å². The van der Waals surface area contributed by atoms with E-state index in [0.29, 0.717) is 34.2 Å². The average Bonchev–Trinajstić information content (AvgIpc) is 3.15. The molecule has 1 aromatic carbocycles. The van der Waals surface area contributed by atoms with Crippen LogP contribution >= 0.6 is 0 Å². The van der Waals surface area contributed by atoms with E-state index in [1.807, 2.05) is 19.1 Å². The van der Waals surface area contributed by atoms with Crippen molar-refractivity contribution < 1.29 is 28.5 Å². The normalized spacial score (nSPS) is 23.9. The second-order valence-corrected chi connectivity index (χ2v) is 8.88. The monoisotopic (exact) mass is 464 g/mol. The average molecular weight is 465 g/mol. The van der Waals surface area contributed by atoms with Crippen LogP contribution < -0.4 is 19.1 Å². The smallest absolute Gasteiger partial charge is 0.295 e. The number of pyridine rings is 1.